The number of benzene rings is 1. The molecule has 2 aliphatic rings. The third-order valence-electron chi connectivity index (χ3n) is 5.46. The van der Waals surface area contributed by atoms with Gasteiger partial charge in [-0.05, 0) is 45.6 Å². The predicted octanol–water partition coefficient (Wildman–Crippen LogP) is 3.07. The molecule has 1 spiro atoms. The Morgan fingerprint density at radius 2 is 2.12 bits per heavy atom. The lowest BCUT2D eigenvalue weighted by atomic mass is 9.68. The molecule has 3 rings (SSSR count). The molecule has 0 radical (unpaired) electrons. The second-order valence-corrected chi connectivity index (χ2v) is 7.76. The summed E-state index contributed by atoms with van der Waals surface area (Å²) in [6, 6.07) is 4.58. The molecule has 1 saturated heterocycles. The normalized spacial score (nSPS) is 22.7. The van der Waals surface area contributed by atoms with Crippen LogP contribution in [-0.4, -0.2) is 23.4 Å². The van der Waals surface area contributed by atoms with Gasteiger partial charge in [-0.25, -0.2) is 4.39 Å². The van der Waals surface area contributed by atoms with Crippen LogP contribution in [0.25, 0.3) is 0 Å². The van der Waals surface area contributed by atoms with Crippen molar-refractivity contribution in [2.45, 2.75) is 62.9 Å². The van der Waals surface area contributed by atoms with Crippen LogP contribution in [0.4, 0.5) is 4.39 Å². The lowest BCUT2D eigenvalue weighted by Crippen LogP contribution is -2.69. The van der Waals surface area contributed by atoms with Crippen molar-refractivity contribution in [2.75, 3.05) is 0 Å². The highest BCUT2D eigenvalue weighted by Gasteiger charge is 2.49. The second-order valence-electron chi connectivity index (χ2n) is 7.35. The monoisotopic (exact) mass is 352 g/mol. The Kier molecular flexibility index (Phi) is 4.32. The Morgan fingerprint density at radius 3 is 2.75 bits per heavy atom. The molecule has 4 nitrogen and oxygen atoms in total. The number of hydrogen-bond donors (Lipinski definition) is 2. The Bertz CT molecular complexity index is 686. The van der Waals surface area contributed by atoms with Crippen LogP contribution in [0.3, 0.4) is 0 Å². The molecule has 1 saturated carbocycles. The zero-order valence-corrected chi connectivity index (χ0v) is 14.7. The topological polar surface area (TPSA) is 58.2 Å². The average molecular weight is 353 g/mol. The summed E-state index contributed by atoms with van der Waals surface area (Å²) < 4.78 is 14.3. The van der Waals surface area contributed by atoms with Crippen molar-refractivity contribution in [3.8, 4) is 0 Å². The standard InChI is InChI=1S/C18H22ClFN2O2/c1-17(2,11-5-3-6-12(19)15(11)20)16(24)21-13-7-8-14(23)22-18(13)9-4-10-18/h3,5-6,13H,4,7-10H2,1-2H3,(H,21,24)(H,22,23). The Morgan fingerprint density at radius 1 is 1.42 bits per heavy atom. The van der Waals surface area contributed by atoms with Gasteiger partial charge in [0.15, 0.2) is 0 Å². The van der Waals surface area contributed by atoms with Gasteiger partial charge in [-0.3, -0.25) is 9.59 Å². The van der Waals surface area contributed by atoms with Crippen LogP contribution in [0.5, 0.6) is 0 Å². The molecule has 0 aromatic heterocycles. The van der Waals surface area contributed by atoms with Crippen LogP contribution in [0.2, 0.25) is 5.02 Å². The Hall–Kier alpha value is -1.62. The van der Waals surface area contributed by atoms with Crippen molar-refractivity contribution in [3.63, 3.8) is 0 Å². The van der Waals surface area contributed by atoms with Gasteiger partial charge in [0, 0.05) is 12.0 Å². The van der Waals surface area contributed by atoms with Gasteiger partial charge in [0.1, 0.15) is 5.82 Å². The molecule has 130 valence electrons. The third-order valence-corrected chi connectivity index (χ3v) is 5.75. The van der Waals surface area contributed by atoms with E-state index < -0.39 is 11.2 Å². The van der Waals surface area contributed by atoms with Crippen molar-refractivity contribution in [2.24, 2.45) is 0 Å². The van der Waals surface area contributed by atoms with E-state index >= 15 is 0 Å². The molecule has 2 fully saturated rings. The third kappa shape index (κ3) is 2.79. The summed E-state index contributed by atoms with van der Waals surface area (Å²) in [4.78, 5) is 24.6. The van der Waals surface area contributed by atoms with Crippen LogP contribution in [-0.2, 0) is 15.0 Å². The molecule has 6 heteroatoms. The summed E-state index contributed by atoms with van der Waals surface area (Å²) in [5.74, 6) is -0.772. The Balaban J connectivity index is 1.81. The first-order valence-electron chi connectivity index (χ1n) is 8.33. The van der Waals surface area contributed by atoms with E-state index in [1.807, 2.05) is 0 Å². The minimum Gasteiger partial charge on any atom is -0.350 e. The lowest BCUT2D eigenvalue weighted by molar-refractivity contribution is -0.133. The molecule has 1 heterocycles. The van der Waals surface area contributed by atoms with Gasteiger partial charge in [-0.1, -0.05) is 23.7 Å². The van der Waals surface area contributed by atoms with Gasteiger partial charge < -0.3 is 10.6 Å². The predicted molar refractivity (Wildman–Crippen MR) is 90.3 cm³/mol. The largest absolute Gasteiger partial charge is 0.350 e. The van der Waals surface area contributed by atoms with Gasteiger partial charge >= 0.3 is 0 Å². The fraction of sp³-hybridized carbons (Fsp3) is 0.556. The van der Waals surface area contributed by atoms with E-state index in [-0.39, 0.29) is 34.0 Å². The number of rotatable bonds is 3. The first kappa shape index (κ1) is 17.2. The van der Waals surface area contributed by atoms with Gasteiger partial charge in [0.2, 0.25) is 11.8 Å². The summed E-state index contributed by atoms with van der Waals surface area (Å²) in [7, 11) is 0. The van der Waals surface area contributed by atoms with Gasteiger partial charge in [0.05, 0.1) is 22.0 Å². The van der Waals surface area contributed by atoms with E-state index in [0.29, 0.717) is 12.8 Å². The number of carbonyl (C=O) groups is 2. The zero-order valence-electron chi connectivity index (χ0n) is 13.9. The van der Waals surface area contributed by atoms with E-state index in [0.717, 1.165) is 19.3 Å². The van der Waals surface area contributed by atoms with Gasteiger partial charge in [-0.2, -0.15) is 0 Å². The molecular weight excluding hydrogens is 331 g/mol. The molecular formula is C18H22ClFN2O2. The van der Waals surface area contributed by atoms with E-state index in [1.165, 1.54) is 6.07 Å². The van der Waals surface area contributed by atoms with Crippen LogP contribution < -0.4 is 10.6 Å². The number of hydrogen-bond acceptors (Lipinski definition) is 2. The maximum atomic E-state index is 14.3. The maximum Gasteiger partial charge on any atom is 0.230 e. The molecule has 1 aromatic carbocycles. The van der Waals surface area contributed by atoms with Crippen LogP contribution in [0.15, 0.2) is 18.2 Å². The number of nitrogens with one attached hydrogen (secondary N) is 2. The summed E-state index contributed by atoms with van der Waals surface area (Å²) in [6.07, 6.45) is 3.80. The molecule has 1 aliphatic carbocycles. The van der Waals surface area contributed by atoms with Crippen LogP contribution in [0, 0.1) is 5.82 Å². The molecule has 1 atom stereocenters. The first-order valence-corrected chi connectivity index (χ1v) is 8.70. The summed E-state index contributed by atoms with van der Waals surface area (Å²) in [6.45, 7) is 3.37. The smallest absolute Gasteiger partial charge is 0.230 e. The van der Waals surface area contributed by atoms with E-state index in [4.69, 9.17) is 11.6 Å². The fourth-order valence-corrected chi connectivity index (χ4v) is 3.84. The molecule has 1 unspecified atom stereocenters. The van der Waals surface area contributed by atoms with Crippen molar-refractivity contribution in [1.29, 1.82) is 0 Å². The van der Waals surface area contributed by atoms with Gasteiger partial charge in [0.25, 0.3) is 0 Å². The van der Waals surface area contributed by atoms with E-state index in [9.17, 15) is 14.0 Å². The highest BCUT2D eigenvalue weighted by molar-refractivity contribution is 6.30. The minimum absolute atomic E-state index is 0.00812. The number of amides is 2. The highest BCUT2D eigenvalue weighted by Crippen LogP contribution is 2.39. The first-order chi connectivity index (χ1) is 11.3. The molecule has 1 aromatic rings. The molecule has 1 aliphatic heterocycles. The van der Waals surface area contributed by atoms with E-state index in [2.05, 4.69) is 10.6 Å². The Labute approximate surface area is 146 Å². The van der Waals surface area contributed by atoms with Crippen LogP contribution in [0.1, 0.15) is 51.5 Å². The van der Waals surface area contributed by atoms with Crippen LogP contribution >= 0.6 is 11.6 Å². The van der Waals surface area contributed by atoms with Crippen molar-refractivity contribution in [1.82, 2.24) is 10.6 Å². The molecule has 2 N–H and O–H groups in total. The van der Waals surface area contributed by atoms with Crippen molar-refractivity contribution >= 4 is 23.4 Å². The lowest BCUT2D eigenvalue weighted by Gasteiger charge is -2.51. The number of halogens is 2. The molecule has 24 heavy (non-hydrogen) atoms. The fourth-order valence-electron chi connectivity index (χ4n) is 3.67. The quantitative estimate of drug-likeness (QED) is 0.878. The highest BCUT2D eigenvalue weighted by atomic mass is 35.5. The SMILES string of the molecule is CC(C)(C(=O)NC1CCC(=O)NC12CCC2)c1cccc(Cl)c1F. The molecule has 2 amide bonds. The average Bonchev–Trinajstić information content (AvgIpc) is 2.49. The summed E-state index contributed by atoms with van der Waals surface area (Å²) >= 11 is 5.86. The van der Waals surface area contributed by atoms with Crippen molar-refractivity contribution < 1.29 is 14.0 Å². The van der Waals surface area contributed by atoms with Gasteiger partial charge in [-0.15, -0.1) is 0 Å². The summed E-state index contributed by atoms with van der Waals surface area (Å²) in [5, 5.41) is 6.11. The second kappa shape index (κ2) is 6.03. The number of piperidine rings is 1. The number of carbonyl (C=O) groups excluding carboxylic acids is 2. The summed E-state index contributed by atoms with van der Waals surface area (Å²) in [5.41, 5.74) is -1.11. The zero-order chi connectivity index (χ0) is 17.5. The molecule has 0 bridgehead atoms. The maximum absolute atomic E-state index is 14.3. The van der Waals surface area contributed by atoms with Crippen molar-refractivity contribution in [3.05, 3.63) is 34.6 Å². The minimum atomic E-state index is -1.05. The van der Waals surface area contributed by atoms with E-state index in [1.54, 1.807) is 26.0 Å².